The predicted molar refractivity (Wildman–Crippen MR) is 47.6 cm³/mol. The number of alkyl halides is 1. The minimum absolute atomic E-state index is 0.289. The van der Waals surface area contributed by atoms with Crippen molar-refractivity contribution in [3.63, 3.8) is 0 Å². The summed E-state index contributed by atoms with van der Waals surface area (Å²) in [6.07, 6.45) is 9.41. The zero-order valence-corrected chi connectivity index (χ0v) is 7.21. The lowest BCUT2D eigenvalue weighted by Crippen LogP contribution is -2.20. The van der Waals surface area contributed by atoms with Gasteiger partial charge in [-0.25, -0.2) is 0 Å². The molecule has 1 nitrogen and oxygen atoms in total. The third kappa shape index (κ3) is 1.95. The van der Waals surface area contributed by atoms with Crippen molar-refractivity contribution in [2.75, 3.05) is 7.11 Å². The van der Waals surface area contributed by atoms with Gasteiger partial charge in [-0.1, -0.05) is 29.8 Å². The van der Waals surface area contributed by atoms with E-state index in [-0.39, 0.29) is 5.92 Å². The number of allylic oxidation sites excluding steroid dienone is 3. The average molecular weight is 171 g/mol. The predicted octanol–water partition coefficient (Wildman–Crippen LogP) is 2.50. The van der Waals surface area contributed by atoms with E-state index in [2.05, 4.69) is 6.58 Å². The highest BCUT2D eigenvalue weighted by Crippen LogP contribution is 2.25. The Bertz CT molecular complexity index is 192. The van der Waals surface area contributed by atoms with E-state index in [0.717, 1.165) is 0 Å². The molecule has 0 amide bonds. The molecule has 0 N–H and O–H groups in total. The Labute approximate surface area is 72.0 Å². The molecule has 0 unspecified atom stereocenters. The Morgan fingerprint density at radius 3 is 2.45 bits per heavy atom. The van der Waals surface area contributed by atoms with E-state index in [0.29, 0.717) is 0 Å². The van der Waals surface area contributed by atoms with Crippen LogP contribution >= 0.6 is 11.6 Å². The van der Waals surface area contributed by atoms with E-state index in [4.69, 9.17) is 16.3 Å². The summed E-state index contributed by atoms with van der Waals surface area (Å²) in [4.78, 5) is 0. The zero-order valence-electron chi connectivity index (χ0n) is 6.46. The smallest absolute Gasteiger partial charge is 0.179 e. The fourth-order valence-corrected chi connectivity index (χ4v) is 1.04. The number of methoxy groups -OCH3 is 1. The molecule has 0 bridgehead atoms. The summed E-state index contributed by atoms with van der Waals surface area (Å²) in [6, 6.07) is 0. The quantitative estimate of drug-likeness (QED) is 0.457. The van der Waals surface area contributed by atoms with E-state index >= 15 is 0 Å². The van der Waals surface area contributed by atoms with E-state index in [1.165, 1.54) is 0 Å². The van der Waals surface area contributed by atoms with Crippen molar-refractivity contribution in [1.29, 1.82) is 0 Å². The molecule has 0 saturated heterocycles. The van der Waals surface area contributed by atoms with E-state index in [1.807, 2.05) is 30.4 Å². The van der Waals surface area contributed by atoms with E-state index < -0.39 is 5.06 Å². The highest BCUT2D eigenvalue weighted by molar-refractivity contribution is 6.25. The highest BCUT2D eigenvalue weighted by Gasteiger charge is 2.21. The van der Waals surface area contributed by atoms with Crippen LogP contribution in [0.15, 0.2) is 37.0 Å². The van der Waals surface area contributed by atoms with Crippen molar-refractivity contribution in [3.05, 3.63) is 37.0 Å². The third-order valence-electron chi connectivity index (χ3n) is 1.68. The monoisotopic (exact) mass is 170 g/mol. The third-order valence-corrected chi connectivity index (χ3v) is 2.08. The maximum absolute atomic E-state index is 5.95. The molecule has 0 aliphatic heterocycles. The lowest BCUT2D eigenvalue weighted by molar-refractivity contribution is 0.142. The van der Waals surface area contributed by atoms with Crippen molar-refractivity contribution < 1.29 is 4.74 Å². The molecule has 1 aliphatic rings. The van der Waals surface area contributed by atoms with Gasteiger partial charge in [0, 0.05) is 13.0 Å². The van der Waals surface area contributed by atoms with Crippen molar-refractivity contribution in [1.82, 2.24) is 0 Å². The van der Waals surface area contributed by atoms with Gasteiger partial charge in [-0.15, -0.1) is 6.58 Å². The second-order valence-electron chi connectivity index (χ2n) is 2.43. The number of halogens is 1. The van der Waals surface area contributed by atoms with Crippen LogP contribution in [0.5, 0.6) is 0 Å². The summed E-state index contributed by atoms with van der Waals surface area (Å²) in [5.74, 6) is 0.289. The first-order valence-corrected chi connectivity index (χ1v) is 3.83. The van der Waals surface area contributed by atoms with Gasteiger partial charge in [0.1, 0.15) is 0 Å². The van der Waals surface area contributed by atoms with Crippen molar-refractivity contribution in [2.24, 2.45) is 5.92 Å². The van der Waals surface area contributed by atoms with Crippen LogP contribution in [0.25, 0.3) is 0 Å². The molecule has 1 rings (SSSR count). The van der Waals surface area contributed by atoms with Crippen LogP contribution in [0.1, 0.15) is 0 Å². The summed E-state index contributed by atoms with van der Waals surface area (Å²) in [7, 11) is 1.58. The second kappa shape index (κ2) is 3.24. The van der Waals surface area contributed by atoms with Crippen LogP contribution in [-0.2, 0) is 4.74 Å². The van der Waals surface area contributed by atoms with Gasteiger partial charge in [0.2, 0.25) is 0 Å². The molecule has 0 spiro atoms. The van der Waals surface area contributed by atoms with Crippen molar-refractivity contribution in [3.8, 4) is 0 Å². The number of rotatable bonds is 2. The molecule has 0 heterocycles. The average Bonchev–Trinajstić information content (AvgIpc) is 2.06. The SMILES string of the molecule is C=CC1C=CC(Cl)(OC)C=C1. The largest absolute Gasteiger partial charge is 0.356 e. The first-order chi connectivity index (χ1) is 5.20. The Kier molecular flexibility index (Phi) is 2.53. The van der Waals surface area contributed by atoms with Crippen LogP contribution in [-0.4, -0.2) is 12.2 Å². The fraction of sp³-hybridized carbons (Fsp3) is 0.333. The zero-order chi connectivity index (χ0) is 8.32. The molecule has 0 radical (unpaired) electrons. The summed E-state index contributed by atoms with van der Waals surface area (Å²) in [6.45, 7) is 3.67. The highest BCUT2D eigenvalue weighted by atomic mass is 35.5. The maximum Gasteiger partial charge on any atom is 0.179 e. The van der Waals surface area contributed by atoms with Gasteiger partial charge in [0.15, 0.2) is 5.06 Å². The van der Waals surface area contributed by atoms with E-state index in [9.17, 15) is 0 Å². The van der Waals surface area contributed by atoms with Crippen LogP contribution in [0.2, 0.25) is 0 Å². The molecule has 11 heavy (non-hydrogen) atoms. The summed E-state index contributed by atoms with van der Waals surface area (Å²) in [5.41, 5.74) is 0. The Balaban J connectivity index is 2.70. The van der Waals surface area contributed by atoms with Gasteiger partial charge < -0.3 is 4.74 Å². The molecule has 0 atom stereocenters. The molecular weight excluding hydrogens is 160 g/mol. The van der Waals surface area contributed by atoms with Crippen LogP contribution in [0, 0.1) is 5.92 Å². The number of hydrogen-bond donors (Lipinski definition) is 0. The Hall–Kier alpha value is -0.530. The molecule has 0 aromatic heterocycles. The molecule has 60 valence electrons. The lowest BCUT2D eigenvalue weighted by Gasteiger charge is -2.21. The number of hydrogen-bond acceptors (Lipinski definition) is 1. The summed E-state index contributed by atoms with van der Waals surface area (Å²) < 4.78 is 5.03. The molecule has 0 aromatic carbocycles. The maximum atomic E-state index is 5.95. The lowest BCUT2D eigenvalue weighted by atomic mass is 10.0. The molecule has 1 aliphatic carbocycles. The standard InChI is InChI=1S/C9H11ClO/c1-3-8-4-6-9(10,11-2)7-5-8/h3-8H,1H2,2H3. The molecular formula is C9H11ClO. The fourth-order valence-electron chi connectivity index (χ4n) is 0.898. The van der Waals surface area contributed by atoms with Crippen LogP contribution in [0.4, 0.5) is 0 Å². The normalized spacial score (nSPS) is 35.6. The minimum atomic E-state index is -0.737. The Morgan fingerprint density at radius 1 is 1.55 bits per heavy atom. The van der Waals surface area contributed by atoms with Gasteiger partial charge in [-0.3, -0.25) is 0 Å². The molecule has 0 aromatic rings. The van der Waals surface area contributed by atoms with Gasteiger partial charge >= 0.3 is 0 Å². The van der Waals surface area contributed by atoms with Gasteiger partial charge in [-0.05, 0) is 12.2 Å². The molecule has 0 fully saturated rings. The molecule has 0 saturated carbocycles. The summed E-state index contributed by atoms with van der Waals surface area (Å²) >= 11 is 5.95. The van der Waals surface area contributed by atoms with Gasteiger partial charge in [-0.2, -0.15) is 0 Å². The second-order valence-corrected chi connectivity index (χ2v) is 3.02. The summed E-state index contributed by atoms with van der Waals surface area (Å²) in [5, 5.41) is -0.737. The van der Waals surface area contributed by atoms with Gasteiger partial charge in [0.05, 0.1) is 0 Å². The first kappa shape index (κ1) is 8.57. The van der Waals surface area contributed by atoms with E-state index in [1.54, 1.807) is 7.11 Å². The first-order valence-electron chi connectivity index (χ1n) is 3.45. The number of ether oxygens (including phenoxy) is 1. The van der Waals surface area contributed by atoms with Gasteiger partial charge in [0.25, 0.3) is 0 Å². The van der Waals surface area contributed by atoms with Crippen molar-refractivity contribution >= 4 is 11.6 Å². The molecule has 2 heteroatoms. The van der Waals surface area contributed by atoms with Crippen LogP contribution < -0.4 is 0 Å². The van der Waals surface area contributed by atoms with Crippen molar-refractivity contribution in [2.45, 2.75) is 5.06 Å². The minimum Gasteiger partial charge on any atom is -0.356 e. The van der Waals surface area contributed by atoms with Crippen LogP contribution in [0.3, 0.4) is 0 Å². The topological polar surface area (TPSA) is 9.23 Å². The Morgan fingerprint density at radius 2 is 2.09 bits per heavy atom.